The Bertz CT molecular complexity index is 623. The van der Waals surface area contributed by atoms with E-state index < -0.39 is 30.5 Å². The lowest BCUT2D eigenvalue weighted by molar-refractivity contribution is -0.283. The van der Waals surface area contributed by atoms with Crippen LogP contribution >= 0.6 is 0 Å². The minimum atomic E-state index is -4.96. The number of hydrogen-bond acceptors (Lipinski definition) is 5. The fourth-order valence-corrected chi connectivity index (χ4v) is 3.23. The molecule has 1 aromatic rings. The number of alkyl halides is 3. The normalized spacial score (nSPS) is 28.9. The SMILES string of the molecule is CCCCC1COC(C2COC(c3ccc(OC(F)(F)F)c(F)c3)OC2)OC1. The highest BCUT2D eigenvalue weighted by Gasteiger charge is 2.35. The molecule has 0 unspecified atom stereocenters. The van der Waals surface area contributed by atoms with E-state index in [0.29, 0.717) is 19.1 Å². The first-order chi connectivity index (χ1) is 13.4. The van der Waals surface area contributed by atoms with Crippen LogP contribution < -0.4 is 4.74 Å². The number of ether oxygens (including phenoxy) is 5. The number of unbranched alkanes of at least 4 members (excludes halogenated alkanes) is 1. The van der Waals surface area contributed by atoms with Crippen molar-refractivity contribution in [2.24, 2.45) is 11.8 Å². The maximum absolute atomic E-state index is 13.9. The smallest absolute Gasteiger partial charge is 0.403 e. The Morgan fingerprint density at radius 3 is 2.29 bits per heavy atom. The van der Waals surface area contributed by atoms with Crippen LogP contribution in [0, 0.1) is 17.7 Å². The predicted octanol–water partition coefficient (Wildman–Crippen LogP) is 4.57. The van der Waals surface area contributed by atoms with E-state index in [-0.39, 0.29) is 24.7 Å². The molecule has 158 valence electrons. The van der Waals surface area contributed by atoms with Gasteiger partial charge in [0.05, 0.1) is 32.3 Å². The topological polar surface area (TPSA) is 46.2 Å². The van der Waals surface area contributed by atoms with Crippen molar-refractivity contribution in [3.8, 4) is 5.75 Å². The molecule has 2 aliphatic heterocycles. The summed E-state index contributed by atoms with van der Waals surface area (Å²) in [6.45, 7) is 3.96. The van der Waals surface area contributed by atoms with Gasteiger partial charge in [-0.15, -0.1) is 13.2 Å². The Morgan fingerprint density at radius 1 is 1.04 bits per heavy atom. The molecule has 3 rings (SSSR count). The zero-order chi connectivity index (χ0) is 20.1. The zero-order valence-corrected chi connectivity index (χ0v) is 15.5. The summed E-state index contributed by atoms with van der Waals surface area (Å²) in [5.74, 6) is -1.76. The number of rotatable bonds is 6. The van der Waals surface area contributed by atoms with Gasteiger partial charge in [-0.05, 0) is 18.6 Å². The van der Waals surface area contributed by atoms with Gasteiger partial charge in [-0.3, -0.25) is 0 Å². The van der Waals surface area contributed by atoms with E-state index in [4.69, 9.17) is 18.9 Å². The molecule has 2 aliphatic rings. The average molecular weight is 408 g/mol. The monoisotopic (exact) mass is 408 g/mol. The van der Waals surface area contributed by atoms with Crippen LogP contribution in [-0.4, -0.2) is 39.1 Å². The Balaban J connectivity index is 1.48. The van der Waals surface area contributed by atoms with Crippen molar-refractivity contribution in [2.75, 3.05) is 26.4 Å². The lowest BCUT2D eigenvalue weighted by atomic mass is 10.0. The third-order valence-electron chi connectivity index (χ3n) is 4.72. The first kappa shape index (κ1) is 21.3. The van der Waals surface area contributed by atoms with Crippen molar-refractivity contribution in [1.29, 1.82) is 0 Å². The summed E-state index contributed by atoms with van der Waals surface area (Å²) < 4.78 is 76.9. The quantitative estimate of drug-likeness (QED) is 0.646. The van der Waals surface area contributed by atoms with Gasteiger partial charge in [0, 0.05) is 11.5 Å². The van der Waals surface area contributed by atoms with Gasteiger partial charge in [0.25, 0.3) is 0 Å². The first-order valence-corrected chi connectivity index (χ1v) is 9.37. The van der Waals surface area contributed by atoms with Crippen molar-refractivity contribution in [2.45, 2.75) is 45.1 Å². The first-order valence-electron chi connectivity index (χ1n) is 9.37. The van der Waals surface area contributed by atoms with Crippen molar-refractivity contribution in [3.63, 3.8) is 0 Å². The highest BCUT2D eigenvalue weighted by atomic mass is 19.4. The largest absolute Gasteiger partial charge is 0.573 e. The maximum Gasteiger partial charge on any atom is 0.573 e. The third kappa shape index (κ3) is 5.79. The summed E-state index contributed by atoms with van der Waals surface area (Å²) in [7, 11) is 0. The molecule has 2 saturated heterocycles. The van der Waals surface area contributed by atoms with Crippen molar-refractivity contribution in [1.82, 2.24) is 0 Å². The number of benzene rings is 1. The highest BCUT2D eigenvalue weighted by Crippen LogP contribution is 2.32. The minimum absolute atomic E-state index is 0.124. The van der Waals surface area contributed by atoms with Crippen LogP contribution in [0.2, 0.25) is 0 Å². The molecule has 0 bridgehead atoms. The predicted molar refractivity (Wildman–Crippen MR) is 89.9 cm³/mol. The number of hydrogen-bond donors (Lipinski definition) is 0. The second kappa shape index (κ2) is 9.39. The Kier molecular flexibility index (Phi) is 7.14. The molecule has 0 spiro atoms. The van der Waals surface area contributed by atoms with Crippen LogP contribution in [0.4, 0.5) is 17.6 Å². The van der Waals surface area contributed by atoms with Crippen molar-refractivity contribution < 1.29 is 41.2 Å². The molecule has 28 heavy (non-hydrogen) atoms. The van der Waals surface area contributed by atoms with E-state index in [1.165, 1.54) is 6.07 Å². The molecule has 0 aliphatic carbocycles. The van der Waals surface area contributed by atoms with E-state index in [0.717, 1.165) is 31.4 Å². The zero-order valence-electron chi connectivity index (χ0n) is 15.5. The van der Waals surface area contributed by atoms with E-state index in [1.54, 1.807) is 0 Å². The van der Waals surface area contributed by atoms with Gasteiger partial charge < -0.3 is 23.7 Å². The van der Waals surface area contributed by atoms with Gasteiger partial charge in [-0.2, -0.15) is 0 Å². The summed E-state index contributed by atoms with van der Waals surface area (Å²) >= 11 is 0. The van der Waals surface area contributed by atoms with Gasteiger partial charge in [0.15, 0.2) is 24.1 Å². The summed E-state index contributed by atoms with van der Waals surface area (Å²) in [6, 6.07) is 3.10. The fourth-order valence-electron chi connectivity index (χ4n) is 3.23. The number of halogens is 4. The van der Waals surface area contributed by atoms with Crippen LogP contribution in [0.25, 0.3) is 0 Å². The molecule has 9 heteroatoms. The molecule has 2 heterocycles. The van der Waals surface area contributed by atoms with Gasteiger partial charge in [-0.1, -0.05) is 25.8 Å². The lowest BCUT2D eigenvalue weighted by Crippen LogP contribution is -2.43. The summed E-state index contributed by atoms with van der Waals surface area (Å²) in [6.07, 6.45) is -2.89. The lowest BCUT2D eigenvalue weighted by Gasteiger charge is -2.37. The Morgan fingerprint density at radius 2 is 1.71 bits per heavy atom. The maximum atomic E-state index is 13.9. The second-order valence-electron chi connectivity index (χ2n) is 7.04. The summed E-state index contributed by atoms with van der Waals surface area (Å²) in [5, 5.41) is 0. The van der Waals surface area contributed by atoms with Gasteiger partial charge in [0.1, 0.15) is 0 Å². The van der Waals surface area contributed by atoms with Crippen LogP contribution in [0.1, 0.15) is 38.0 Å². The second-order valence-corrected chi connectivity index (χ2v) is 7.04. The van der Waals surface area contributed by atoms with Crippen molar-refractivity contribution in [3.05, 3.63) is 29.6 Å². The molecule has 0 radical (unpaired) electrons. The molecular weight excluding hydrogens is 384 g/mol. The van der Waals surface area contributed by atoms with Crippen LogP contribution in [0.3, 0.4) is 0 Å². The summed E-state index contributed by atoms with van der Waals surface area (Å²) in [4.78, 5) is 0. The minimum Gasteiger partial charge on any atom is -0.403 e. The van der Waals surface area contributed by atoms with E-state index in [1.807, 2.05) is 0 Å². The molecule has 0 atom stereocenters. The molecule has 5 nitrogen and oxygen atoms in total. The van der Waals surface area contributed by atoms with Crippen LogP contribution in [0.5, 0.6) is 5.75 Å². The van der Waals surface area contributed by atoms with Crippen LogP contribution in [0.15, 0.2) is 18.2 Å². The molecule has 2 fully saturated rings. The third-order valence-corrected chi connectivity index (χ3v) is 4.72. The Labute approximate surface area is 160 Å². The van der Waals surface area contributed by atoms with E-state index in [9.17, 15) is 17.6 Å². The molecule has 0 saturated carbocycles. The van der Waals surface area contributed by atoms with Crippen LogP contribution in [-0.2, 0) is 18.9 Å². The molecular formula is C19H24F4O5. The summed E-state index contributed by atoms with van der Waals surface area (Å²) in [5.41, 5.74) is 0.274. The van der Waals surface area contributed by atoms with Gasteiger partial charge >= 0.3 is 6.36 Å². The van der Waals surface area contributed by atoms with Crippen molar-refractivity contribution >= 4 is 0 Å². The van der Waals surface area contributed by atoms with E-state index >= 15 is 0 Å². The van der Waals surface area contributed by atoms with E-state index in [2.05, 4.69) is 11.7 Å². The molecule has 0 aromatic heterocycles. The molecule has 1 aromatic carbocycles. The molecule has 0 amide bonds. The highest BCUT2D eigenvalue weighted by molar-refractivity contribution is 5.30. The Hall–Kier alpha value is -1.42. The standard InChI is InChI=1S/C19H24F4O5/c1-2-3-4-12-8-24-18(25-9-12)14-10-26-17(27-11-14)13-5-6-16(15(20)7-13)28-19(21,22)23/h5-7,12,14,17-18H,2-4,8-11H2,1H3. The van der Waals surface area contributed by atoms with Gasteiger partial charge in [0.2, 0.25) is 0 Å². The average Bonchev–Trinajstić information content (AvgIpc) is 2.67. The van der Waals surface area contributed by atoms with Gasteiger partial charge in [-0.25, -0.2) is 4.39 Å². The molecule has 0 N–H and O–H groups in total. The fraction of sp³-hybridized carbons (Fsp3) is 0.684.